The van der Waals surface area contributed by atoms with Crippen LogP contribution in [0.1, 0.15) is 25.6 Å². The molecule has 0 saturated heterocycles. The van der Waals surface area contributed by atoms with Gasteiger partial charge in [0, 0.05) is 12.8 Å². The van der Waals surface area contributed by atoms with Crippen LogP contribution in [0.4, 0.5) is 0 Å². The highest BCUT2D eigenvalue weighted by Gasteiger charge is 2.10. The Labute approximate surface area is 112 Å². The number of fused-ring (bicyclic) bond motifs is 1. The summed E-state index contributed by atoms with van der Waals surface area (Å²) >= 11 is 0. The maximum absolute atomic E-state index is 11.7. The molecule has 0 aliphatic carbocycles. The number of aromatic amines is 1. The number of aryl methyl sites for hydroxylation is 1. The number of aromatic nitrogens is 2. The number of aliphatic hydroxyl groups is 1. The lowest BCUT2D eigenvalue weighted by Gasteiger charge is -2.13. The molecule has 1 heterocycles. The first-order valence-corrected chi connectivity index (χ1v) is 6.56. The maximum Gasteiger partial charge on any atom is 0.220 e. The third-order valence-electron chi connectivity index (χ3n) is 3.11. The Morgan fingerprint density at radius 2 is 2.26 bits per heavy atom. The summed E-state index contributed by atoms with van der Waals surface area (Å²) in [6.45, 7) is 1.91. The van der Waals surface area contributed by atoms with E-state index >= 15 is 0 Å². The van der Waals surface area contributed by atoms with Crippen LogP contribution in [-0.4, -0.2) is 33.6 Å². The number of nitrogens with zero attached hydrogens (tertiary/aromatic N) is 1. The zero-order valence-corrected chi connectivity index (χ0v) is 11.0. The molecule has 1 amide bonds. The molecule has 0 aliphatic heterocycles. The lowest BCUT2D eigenvalue weighted by molar-refractivity contribution is -0.122. The number of para-hydroxylation sites is 2. The lowest BCUT2D eigenvalue weighted by Crippen LogP contribution is -2.37. The van der Waals surface area contributed by atoms with Crippen LogP contribution in [0.2, 0.25) is 0 Å². The zero-order chi connectivity index (χ0) is 13.7. The van der Waals surface area contributed by atoms with Gasteiger partial charge in [-0.15, -0.1) is 0 Å². The van der Waals surface area contributed by atoms with Crippen molar-refractivity contribution in [3.05, 3.63) is 30.1 Å². The number of rotatable bonds is 6. The van der Waals surface area contributed by atoms with Crippen LogP contribution in [0, 0.1) is 0 Å². The van der Waals surface area contributed by atoms with E-state index in [9.17, 15) is 4.79 Å². The minimum absolute atomic E-state index is 0.0210. The van der Waals surface area contributed by atoms with Crippen LogP contribution in [-0.2, 0) is 11.2 Å². The molecule has 0 saturated carbocycles. The summed E-state index contributed by atoms with van der Waals surface area (Å²) in [5.74, 6) is 0.759. The normalized spacial score (nSPS) is 12.5. The van der Waals surface area contributed by atoms with Gasteiger partial charge in [-0.2, -0.15) is 0 Å². The topological polar surface area (TPSA) is 78.0 Å². The van der Waals surface area contributed by atoms with Gasteiger partial charge < -0.3 is 15.4 Å². The predicted octanol–water partition coefficient (Wildman–Crippen LogP) is 1.38. The van der Waals surface area contributed by atoms with Crippen molar-refractivity contribution in [3.63, 3.8) is 0 Å². The molecule has 5 nitrogen and oxygen atoms in total. The first-order chi connectivity index (χ1) is 9.22. The Balaban J connectivity index is 1.89. The molecule has 2 rings (SSSR count). The fourth-order valence-corrected chi connectivity index (χ4v) is 1.93. The molecule has 19 heavy (non-hydrogen) atoms. The first-order valence-electron chi connectivity index (χ1n) is 6.56. The van der Waals surface area contributed by atoms with E-state index < -0.39 is 0 Å². The van der Waals surface area contributed by atoms with Crippen molar-refractivity contribution >= 4 is 16.9 Å². The van der Waals surface area contributed by atoms with Gasteiger partial charge in [0.1, 0.15) is 5.82 Å². The molecule has 3 N–H and O–H groups in total. The molecule has 2 aromatic rings. The Morgan fingerprint density at radius 1 is 1.47 bits per heavy atom. The SMILES string of the molecule is CCC(CO)NC(=O)CCc1nc2ccccc2[nH]1. The van der Waals surface area contributed by atoms with E-state index in [4.69, 9.17) is 5.11 Å². The van der Waals surface area contributed by atoms with Crippen LogP contribution in [0.15, 0.2) is 24.3 Å². The molecule has 0 radical (unpaired) electrons. The Bertz CT molecular complexity index is 513. The summed E-state index contributed by atoms with van der Waals surface area (Å²) in [5, 5.41) is 11.8. The number of aliphatic hydroxyl groups excluding tert-OH is 1. The van der Waals surface area contributed by atoms with Crippen molar-refractivity contribution in [2.75, 3.05) is 6.61 Å². The zero-order valence-electron chi connectivity index (χ0n) is 11.0. The summed E-state index contributed by atoms with van der Waals surface area (Å²) in [7, 11) is 0. The largest absolute Gasteiger partial charge is 0.394 e. The Kier molecular flexibility index (Phi) is 4.52. The molecule has 0 spiro atoms. The molecule has 0 aliphatic rings. The van der Waals surface area contributed by atoms with Gasteiger partial charge in [-0.3, -0.25) is 4.79 Å². The van der Waals surface area contributed by atoms with Gasteiger partial charge in [0.2, 0.25) is 5.91 Å². The number of benzene rings is 1. The van der Waals surface area contributed by atoms with E-state index in [2.05, 4.69) is 15.3 Å². The number of nitrogens with one attached hydrogen (secondary N) is 2. The van der Waals surface area contributed by atoms with E-state index in [1.54, 1.807) is 0 Å². The van der Waals surface area contributed by atoms with Crippen molar-refractivity contribution < 1.29 is 9.90 Å². The summed E-state index contributed by atoms with van der Waals surface area (Å²) in [6, 6.07) is 7.64. The maximum atomic E-state index is 11.7. The molecule has 0 bridgehead atoms. The highest BCUT2D eigenvalue weighted by molar-refractivity contribution is 5.77. The molecular formula is C14H19N3O2. The molecular weight excluding hydrogens is 242 g/mol. The second-order valence-corrected chi connectivity index (χ2v) is 4.56. The summed E-state index contributed by atoms with van der Waals surface area (Å²) in [4.78, 5) is 19.3. The second kappa shape index (κ2) is 6.33. The van der Waals surface area contributed by atoms with Gasteiger partial charge in [-0.1, -0.05) is 19.1 Å². The number of amides is 1. The fourth-order valence-electron chi connectivity index (χ4n) is 1.93. The molecule has 102 valence electrons. The number of H-pyrrole nitrogens is 1. The van der Waals surface area contributed by atoms with Crippen LogP contribution in [0.3, 0.4) is 0 Å². The first kappa shape index (κ1) is 13.5. The van der Waals surface area contributed by atoms with E-state index in [-0.39, 0.29) is 18.6 Å². The van der Waals surface area contributed by atoms with Gasteiger partial charge in [0.15, 0.2) is 0 Å². The third-order valence-corrected chi connectivity index (χ3v) is 3.11. The van der Waals surface area contributed by atoms with Gasteiger partial charge in [-0.05, 0) is 18.6 Å². The highest BCUT2D eigenvalue weighted by atomic mass is 16.3. The van der Waals surface area contributed by atoms with Gasteiger partial charge in [0.05, 0.1) is 23.7 Å². The summed E-state index contributed by atoms with van der Waals surface area (Å²) in [5.41, 5.74) is 1.90. The monoisotopic (exact) mass is 261 g/mol. The van der Waals surface area contributed by atoms with E-state index in [0.717, 1.165) is 23.3 Å². The van der Waals surface area contributed by atoms with Crippen LogP contribution in [0.5, 0.6) is 0 Å². The molecule has 0 fully saturated rings. The number of carbonyl (C=O) groups is 1. The van der Waals surface area contributed by atoms with E-state index in [1.165, 1.54) is 0 Å². The van der Waals surface area contributed by atoms with Crippen molar-refractivity contribution in [2.45, 2.75) is 32.2 Å². The van der Waals surface area contributed by atoms with Crippen molar-refractivity contribution in [1.29, 1.82) is 0 Å². The Morgan fingerprint density at radius 3 is 2.95 bits per heavy atom. The van der Waals surface area contributed by atoms with Crippen molar-refractivity contribution in [3.8, 4) is 0 Å². The average Bonchev–Trinajstić information content (AvgIpc) is 2.85. The van der Waals surface area contributed by atoms with Crippen LogP contribution >= 0.6 is 0 Å². The summed E-state index contributed by atoms with van der Waals surface area (Å²) in [6.07, 6.45) is 1.67. The number of hydrogen-bond acceptors (Lipinski definition) is 3. The molecule has 1 aromatic carbocycles. The van der Waals surface area contributed by atoms with E-state index in [0.29, 0.717) is 12.8 Å². The predicted molar refractivity (Wildman–Crippen MR) is 73.7 cm³/mol. The molecule has 1 unspecified atom stereocenters. The Hall–Kier alpha value is -1.88. The van der Waals surface area contributed by atoms with Crippen LogP contribution < -0.4 is 5.32 Å². The number of imidazole rings is 1. The van der Waals surface area contributed by atoms with Gasteiger partial charge in [-0.25, -0.2) is 4.98 Å². The molecule has 1 aromatic heterocycles. The highest BCUT2D eigenvalue weighted by Crippen LogP contribution is 2.11. The smallest absolute Gasteiger partial charge is 0.220 e. The van der Waals surface area contributed by atoms with E-state index in [1.807, 2.05) is 31.2 Å². The van der Waals surface area contributed by atoms with Crippen molar-refractivity contribution in [2.24, 2.45) is 0 Å². The standard InChI is InChI=1S/C14H19N3O2/c1-2-10(9-18)15-14(19)8-7-13-16-11-5-3-4-6-12(11)17-13/h3-6,10,18H,2,7-9H2,1H3,(H,15,19)(H,16,17). The number of hydrogen-bond donors (Lipinski definition) is 3. The summed E-state index contributed by atoms with van der Waals surface area (Å²) < 4.78 is 0. The molecule has 5 heteroatoms. The third kappa shape index (κ3) is 3.54. The van der Waals surface area contributed by atoms with Crippen molar-refractivity contribution in [1.82, 2.24) is 15.3 Å². The minimum Gasteiger partial charge on any atom is -0.394 e. The minimum atomic E-state index is -0.150. The molecule has 1 atom stereocenters. The van der Waals surface area contributed by atoms with Crippen LogP contribution in [0.25, 0.3) is 11.0 Å². The number of carbonyl (C=O) groups excluding carboxylic acids is 1. The van der Waals surface area contributed by atoms with Gasteiger partial charge in [0.25, 0.3) is 0 Å². The second-order valence-electron chi connectivity index (χ2n) is 4.56. The quantitative estimate of drug-likeness (QED) is 0.735. The average molecular weight is 261 g/mol. The lowest BCUT2D eigenvalue weighted by atomic mass is 10.2. The fraction of sp³-hybridized carbons (Fsp3) is 0.429. The van der Waals surface area contributed by atoms with Gasteiger partial charge >= 0.3 is 0 Å².